The molecule has 2 rings (SSSR count). The third kappa shape index (κ3) is 3.84. The Labute approximate surface area is 138 Å². The van der Waals surface area contributed by atoms with E-state index in [1.54, 1.807) is 0 Å². The zero-order chi connectivity index (χ0) is 17.0. The van der Waals surface area contributed by atoms with Crippen molar-refractivity contribution in [2.75, 3.05) is 0 Å². The Balaban J connectivity index is 2.09. The van der Waals surface area contributed by atoms with Crippen molar-refractivity contribution in [1.82, 2.24) is 10.6 Å². The molecule has 5 heteroatoms. The minimum absolute atomic E-state index is 0.0815. The van der Waals surface area contributed by atoms with Gasteiger partial charge < -0.3 is 16.4 Å². The lowest BCUT2D eigenvalue weighted by molar-refractivity contribution is -0.123. The normalized spacial score (nSPS) is 17.5. The van der Waals surface area contributed by atoms with Crippen LogP contribution in [0.25, 0.3) is 0 Å². The highest BCUT2D eigenvalue weighted by Crippen LogP contribution is 2.29. The summed E-state index contributed by atoms with van der Waals surface area (Å²) in [5.74, 6) is -0.440. The second kappa shape index (κ2) is 7.02. The highest BCUT2D eigenvalue weighted by atomic mass is 16.2. The maximum atomic E-state index is 12.4. The lowest BCUT2D eigenvalue weighted by Crippen LogP contribution is -2.58. The van der Waals surface area contributed by atoms with Crippen LogP contribution in [-0.2, 0) is 4.79 Å². The van der Waals surface area contributed by atoms with Crippen LogP contribution in [0.5, 0.6) is 0 Å². The molecule has 23 heavy (non-hydrogen) atoms. The molecule has 0 saturated heterocycles. The van der Waals surface area contributed by atoms with Gasteiger partial charge in [-0.2, -0.15) is 0 Å². The van der Waals surface area contributed by atoms with E-state index in [-0.39, 0.29) is 12.1 Å². The predicted molar refractivity (Wildman–Crippen MR) is 91.0 cm³/mol. The number of hydrogen-bond acceptors (Lipinski definition) is 2. The van der Waals surface area contributed by atoms with Crippen LogP contribution in [0.4, 0.5) is 4.79 Å². The number of nitrogens with one attached hydrogen (secondary N) is 2. The number of hydrogen-bond donors (Lipinski definition) is 3. The quantitative estimate of drug-likeness (QED) is 0.780. The molecule has 0 heterocycles. The van der Waals surface area contributed by atoms with Crippen molar-refractivity contribution in [3.05, 3.63) is 34.9 Å². The second-order valence-corrected chi connectivity index (χ2v) is 6.57. The summed E-state index contributed by atoms with van der Waals surface area (Å²) in [5.41, 5.74) is 8.09. The molecule has 1 atom stereocenters. The maximum Gasteiger partial charge on any atom is 0.316 e. The number of rotatable bonds is 5. The topological polar surface area (TPSA) is 84.2 Å². The van der Waals surface area contributed by atoms with Crippen LogP contribution < -0.4 is 16.4 Å². The first-order valence-corrected chi connectivity index (χ1v) is 8.33. The number of amides is 3. The van der Waals surface area contributed by atoms with E-state index in [0.29, 0.717) is 12.8 Å². The standard InChI is InChI=1S/C18H27N3O2/c1-4-15(14-8-7-12(2)11-13(14)3)20-17(23)21-18(16(19)22)9-5-6-10-18/h7-8,11,15H,4-6,9-10H2,1-3H3,(H2,19,22)(H2,20,21,23)/t15-/m0/s1. The van der Waals surface area contributed by atoms with Crippen LogP contribution in [0.15, 0.2) is 18.2 Å². The zero-order valence-corrected chi connectivity index (χ0v) is 14.2. The van der Waals surface area contributed by atoms with E-state index in [2.05, 4.69) is 29.7 Å². The summed E-state index contributed by atoms with van der Waals surface area (Å²) in [4.78, 5) is 24.2. The van der Waals surface area contributed by atoms with Crippen molar-refractivity contribution in [3.63, 3.8) is 0 Å². The minimum atomic E-state index is -0.884. The Morgan fingerprint density at radius 2 is 1.91 bits per heavy atom. The molecule has 0 radical (unpaired) electrons. The summed E-state index contributed by atoms with van der Waals surface area (Å²) in [5, 5.41) is 5.82. The van der Waals surface area contributed by atoms with E-state index in [0.717, 1.165) is 30.4 Å². The van der Waals surface area contributed by atoms with E-state index < -0.39 is 11.4 Å². The number of carbonyl (C=O) groups excluding carboxylic acids is 2. The first-order chi connectivity index (χ1) is 10.9. The van der Waals surface area contributed by atoms with Crippen LogP contribution >= 0.6 is 0 Å². The van der Waals surface area contributed by atoms with E-state index in [4.69, 9.17) is 5.73 Å². The van der Waals surface area contributed by atoms with Gasteiger partial charge in [-0.1, -0.05) is 43.5 Å². The summed E-state index contributed by atoms with van der Waals surface area (Å²) in [6.45, 7) is 6.13. The number of nitrogens with two attached hydrogens (primary N) is 1. The number of primary amides is 1. The fraction of sp³-hybridized carbons (Fsp3) is 0.556. The Morgan fingerprint density at radius 3 is 2.43 bits per heavy atom. The molecule has 1 aliphatic rings. The van der Waals surface area contributed by atoms with Crippen molar-refractivity contribution in [2.24, 2.45) is 5.73 Å². The summed E-state index contributed by atoms with van der Waals surface area (Å²) in [7, 11) is 0. The molecule has 0 aliphatic heterocycles. The molecular formula is C18H27N3O2. The van der Waals surface area contributed by atoms with Gasteiger partial charge in [0, 0.05) is 0 Å². The van der Waals surface area contributed by atoms with Gasteiger partial charge in [-0.15, -0.1) is 0 Å². The largest absolute Gasteiger partial charge is 0.368 e. The van der Waals surface area contributed by atoms with Crippen LogP contribution in [0, 0.1) is 13.8 Å². The van der Waals surface area contributed by atoms with E-state index in [9.17, 15) is 9.59 Å². The molecule has 5 nitrogen and oxygen atoms in total. The van der Waals surface area contributed by atoms with Crippen LogP contribution in [0.3, 0.4) is 0 Å². The first kappa shape index (κ1) is 17.3. The van der Waals surface area contributed by atoms with Crippen molar-refractivity contribution in [1.29, 1.82) is 0 Å². The molecule has 0 bridgehead atoms. The zero-order valence-electron chi connectivity index (χ0n) is 14.2. The average molecular weight is 317 g/mol. The molecule has 1 aliphatic carbocycles. The Hall–Kier alpha value is -2.04. The van der Waals surface area contributed by atoms with E-state index in [1.807, 2.05) is 19.9 Å². The smallest absolute Gasteiger partial charge is 0.316 e. The minimum Gasteiger partial charge on any atom is -0.368 e. The monoisotopic (exact) mass is 317 g/mol. The van der Waals surface area contributed by atoms with Crippen molar-refractivity contribution < 1.29 is 9.59 Å². The number of urea groups is 1. The Morgan fingerprint density at radius 1 is 1.26 bits per heavy atom. The van der Waals surface area contributed by atoms with Crippen LogP contribution in [0.2, 0.25) is 0 Å². The molecule has 0 aromatic heterocycles. The lowest BCUT2D eigenvalue weighted by atomic mass is 9.96. The van der Waals surface area contributed by atoms with E-state index in [1.165, 1.54) is 5.56 Å². The van der Waals surface area contributed by atoms with Crippen molar-refractivity contribution in [3.8, 4) is 0 Å². The van der Waals surface area contributed by atoms with Crippen molar-refractivity contribution >= 4 is 11.9 Å². The lowest BCUT2D eigenvalue weighted by Gasteiger charge is -2.28. The second-order valence-electron chi connectivity index (χ2n) is 6.57. The fourth-order valence-electron chi connectivity index (χ4n) is 3.44. The molecule has 1 saturated carbocycles. The van der Waals surface area contributed by atoms with Gasteiger partial charge in [-0.25, -0.2) is 4.79 Å². The highest BCUT2D eigenvalue weighted by Gasteiger charge is 2.41. The molecule has 1 aromatic carbocycles. The summed E-state index contributed by atoms with van der Waals surface area (Å²) < 4.78 is 0. The number of aryl methyl sites for hydroxylation is 2. The summed E-state index contributed by atoms with van der Waals surface area (Å²) in [6.07, 6.45) is 3.85. The molecule has 1 fully saturated rings. The van der Waals surface area contributed by atoms with Crippen LogP contribution in [0.1, 0.15) is 61.8 Å². The highest BCUT2D eigenvalue weighted by molar-refractivity contribution is 5.90. The van der Waals surface area contributed by atoms with Gasteiger partial charge in [0.15, 0.2) is 0 Å². The molecule has 126 valence electrons. The molecular weight excluding hydrogens is 290 g/mol. The molecule has 0 unspecified atom stereocenters. The third-order valence-electron chi connectivity index (χ3n) is 4.80. The maximum absolute atomic E-state index is 12.4. The number of benzene rings is 1. The van der Waals surface area contributed by atoms with Gasteiger partial charge >= 0.3 is 6.03 Å². The molecule has 3 amide bonds. The van der Waals surface area contributed by atoms with Crippen LogP contribution in [-0.4, -0.2) is 17.5 Å². The molecule has 1 aromatic rings. The number of carbonyl (C=O) groups is 2. The van der Waals surface area contributed by atoms with Gasteiger partial charge in [-0.05, 0) is 44.2 Å². The third-order valence-corrected chi connectivity index (χ3v) is 4.80. The van der Waals surface area contributed by atoms with Gasteiger partial charge in [0.2, 0.25) is 5.91 Å². The van der Waals surface area contributed by atoms with E-state index >= 15 is 0 Å². The average Bonchev–Trinajstić information content (AvgIpc) is 2.95. The van der Waals surface area contributed by atoms with Crippen molar-refractivity contribution in [2.45, 2.75) is 64.5 Å². The van der Waals surface area contributed by atoms with Gasteiger partial charge in [0.25, 0.3) is 0 Å². The fourth-order valence-corrected chi connectivity index (χ4v) is 3.44. The van der Waals surface area contributed by atoms with Gasteiger partial charge in [-0.3, -0.25) is 4.79 Å². The Bertz CT molecular complexity index is 592. The van der Waals surface area contributed by atoms with Gasteiger partial charge in [0.05, 0.1) is 6.04 Å². The summed E-state index contributed by atoms with van der Waals surface area (Å²) >= 11 is 0. The molecule has 0 spiro atoms. The predicted octanol–water partition coefficient (Wildman–Crippen LogP) is 2.85. The Kier molecular flexibility index (Phi) is 5.29. The summed E-state index contributed by atoms with van der Waals surface area (Å²) in [6, 6.07) is 5.81. The SMILES string of the molecule is CC[C@H](NC(=O)NC1(C(N)=O)CCCC1)c1ccc(C)cc1C. The molecule has 4 N–H and O–H groups in total. The first-order valence-electron chi connectivity index (χ1n) is 8.33. The van der Waals surface area contributed by atoms with Gasteiger partial charge in [0.1, 0.15) is 5.54 Å².